The van der Waals surface area contributed by atoms with Crippen LogP contribution in [0, 0.1) is 5.92 Å². The number of ketones is 1. The molecule has 3 nitrogen and oxygen atoms in total. The Morgan fingerprint density at radius 1 is 1.58 bits per heavy atom. The van der Waals surface area contributed by atoms with Gasteiger partial charge in [0, 0.05) is 18.4 Å². The molecule has 0 heterocycles. The minimum absolute atomic E-state index is 0.0666. The molecule has 0 aliphatic rings. The van der Waals surface area contributed by atoms with Crippen LogP contribution in [-0.2, 0) is 9.53 Å². The normalized spacial score (nSPS) is 12.2. The summed E-state index contributed by atoms with van der Waals surface area (Å²) in [5.74, 6) is 0.152. The van der Waals surface area contributed by atoms with Crippen LogP contribution in [0.3, 0.4) is 0 Å². The SMILES string of the molecule is CCOCC(=O)/C=C(\N)C(C)C. The van der Waals surface area contributed by atoms with E-state index in [4.69, 9.17) is 10.5 Å². The van der Waals surface area contributed by atoms with Gasteiger partial charge < -0.3 is 10.5 Å². The highest BCUT2D eigenvalue weighted by Crippen LogP contribution is 2.01. The molecule has 0 aromatic carbocycles. The summed E-state index contributed by atoms with van der Waals surface area (Å²) in [6, 6.07) is 0. The van der Waals surface area contributed by atoms with E-state index in [2.05, 4.69) is 0 Å². The molecule has 0 saturated carbocycles. The summed E-state index contributed by atoms with van der Waals surface area (Å²) in [5, 5.41) is 0. The van der Waals surface area contributed by atoms with Gasteiger partial charge in [-0.3, -0.25) is 4.79 Å². The van der Waals surface area contributed by atoms with E-state index in [0.29, 0.717) is 12.3 Å². The second kappa shape index (κ2) is 5.77. The average molecular weight is 171 g/mol. The second-order valence-electron chi connectivity index (χ2n) is 2.90. The topological polar surface area (TPSA) is 52.3 Å². The molecule has 0 amide bonds. The van der Waals surface area contributed by atoms with Crippen molar-refractivity contribution < 1.29 is 9.53 Å². The lowest BCUT2D eigenvalue weighted by molar-refractivity contribution is -0.118. The molecular weight excluding hydrogens is 154 g/mol. The monoisotopic (exact) mass is 171 g/mol. The highest BCUT2D eigenvalue weighted by Gasteiger charge is 2.01. The van der Waals surface area contributed by atoms with E-state index in [1.54, 1.807) is 0 Å². The maximum Gasteiger partial charge on any atom is 0.183 e. The Hall–Kier alpha value is -0.830. The molecule has 0 aliphatic carbocycles. The zero-order chi connectivity index (χ0) is 9.56. The second-order valence-corrected chi connectivity index (χ2v) is 2.90. The van der Waals surface area contributed by atoms with Crippen LogP contribution in [0.25, 0.3) is 0 Å². The highest BCUT2D eigenvalue weighted by molar-refractivity contribution is 5.91. The van der Waals surface area contributed by atoms with Crippen molar-refractivity contribution in [2.24, 2.45) is 11.7 Å². The van der Waals surface area contributed by atoms with E-state index in [-0.39, 0.29) is 18.3 Å². The molecule has 0 radical (unpaired) electrons. The lowest BCUT2D eigenvalue weighted by Crippen LogP contribution is -2.11. The van der Waals surface area contributed by atoms with Gasteiger partial charge in [-0.25, -0.2) is 0 Å². The van der Waals surface area contributed by atoms with Crippen LogP contribution in [0.1, 0.15) is 20.8 Å². The van der Waals surface area contributed by atoms with E-state index < -0.39 is 0 Å². The maximum atomic E-state index is 11.0. The summed E-state index contributed by atoms with van der Waals surface area (Å²) < 4.78 is 4.93. The average Bonchev–Trinajstić information content (AvgIpc) is 2.00. The first-order valence-corrected chi connectivity index (χ1v) is 4.15. The third-order valence-electron chi connectivity index (χ3n) is 1.44. The molecule has 0 fully saturated rings. The zero-order valence-electron chi connectivity index (χ0n) is 7.96. The van der Waals surface area contributed by atoms with Crippen LogP contribution in [0.2, 0.25) is 0 Å². The molecule has 70 valence electrons. The molecule has 0 aliphatic heterocycles. The van der Waals surface area contributed by atoms with E-state index in [0.717, 1.165) is 0 Å². The number of rotatable bonds is 5. The first kappa shape index (κ1) is 11.2. The van der Waals surface area contributed by atoms with Gasteiger partial charge >= 0.3 is 0 Å². The fraction of sp³-hybridized carbons (Fsp3) is 0.667. The lowest BCUT2D eigenvalue weighted by Gasteiger charge is -2.03. The van der Waals surface area contributed by atoms with Crippen LogP contribution in [-0.4, -0.2) is 19.0 Å². The van der Waals surface area contributed by atoms with Crippen molar-refractivity contribution in [3.63, 3.8) is 0 Å². The minimum Gasteiger partial charge on any atom is -0.402 e. The Morgan fingerprint density at radius 2 is 2.17 bits per heavy atom. The van der Waals surface area contributed by atoms with Gasteiger partial charge in [-0.15, -0.1) is 0 Å². The van der Waals surface area contributed by atoms with Gasteiger partial charge in [0.2, 0.25) is 0 Å². The van der Waals surface area contributed by atoms with Gasteiger partial charge in [-0.05, 0) is 12.8 Å². The first-order valence-electron chi connectivity index (χ1n) is 4.15. The third-order valence-corrected chi connectivity index (χ3v) is 1.44. The molecule has 0 aromatic heterocycles. The van der Waals surface area contributed by atoms with Crippen LogP contribution < -0.4 is 5.73 Å². The molecule has 12 heavy (non-hydrogen) atoms. The van der Waals surface area contributed by atoms with Crippen molar-refractivity contribution >= 4 is 5.78 Å². The maximum absolute atomic E-state index is 11.0. The Morgan fingerprint density at radius 3 is 2.58 bits per heavy atom. The molecule has 0 saturated heterocycles. The van der Waals surface area contributed by atoms with Gasteiger partial charge in [0.1, 0.15) is 6.61 Å². The molecular formula is C9H17NO2. The van der Waals surface area contributed by atoms with Gasteiger partial charge in [-0.2, -0.15) is 0 Å². The fourth-order valence-electron chi connectivity index (χ4n) is 0.597. The Kier molecular flexibility index (Phi) is 5.37. The van der Waals surface area contributed by atoms with Gasteiger partial charge in [-0.1, -0.05) is 13.8 Å². The molecule has 0 atom stereocenters. The molecule has 0 bridgehead atoms. The molecule has 2 N–H and O–H groups in total. The number of ether oxygens (including phenoxy) is 1. The van der Waals surface area contributed by atoms with Crippen molar-refractivity contribution in [1.29, 1.82) is 0 Å². The Bertz CT molecular complexity index is 173. The van der Waals surface area contributed by atoms with Crippen LogP contribution >= 0.6 is 0 Å². The van der Waals surface area contributed by atoms with Crippen molar-refractivity contribution in [3.05, 3.63) is 11.8 Å². The highest BCUT2D eigenvalue weighted by atomic mass is 16.5. The summed E-state index contributed by atoms with van der Waals surface area (Å²) in [5.41, 5.74) is 6.18. The van der Waals surface area contributed by atoms with E-state index in [1.807, 2.05) is 20.8 Å². The third kappa shape index (κ3) is 4.91. The van der Waals surface area contributed by atoms with E-state index >= 15 is 0 Å². The molecule has 0 spiro atoms. The molecule has 3 heteroatoms. The predicted octanol–water partition coefficient (Wildman–Crippen LogP) is 1.09. The Balaban J connectivity index is 3.88. The first-order chi connectivity index (χ1) is 5.57. The summed E-state index contributed by atoms with van der Waals surface area (Å²) >= 11 is 0. The summed E-state index contributed by atoms with van der Waals surface area (Å²) in [6.45, 7) is 6.42. The largest absolute Gasteiger partial charge is 0.402 e. The zero-order valence-corrected chi connectivity index (χ0v) is 7.96. The number of carbonyl (C=O) groups excluding carboxylic acids is 1. The number of nitrogens with two attached hydrogens (primary N) is 1. The van der Waals surface area contributed by atoms with Crippen molar-refractivity contribution in [2.75, 3.05) is 13.2 Å². The van der Waals surface area contributed by atoms with Crippen molar-refractivity contribution in [1.82, 2.24) is 0 Å². The summed E-state index contributed by atoms with van der Waals surface area (Å²) in [4.78, 5) is 11.0. The number of hydrogen-bond acceptors (Lipinski definition) is 3. The number of allylic oxidation sites excluding steroid dienone is 1. The molecule has 0 aromatic rings. The molecule has 0 rings (SSSR count). The number of carbonyl (C=O) groups is 1. The van der Waals surface area contributed by atoms with E-state index in [1.165, 1.54) is 6.08 Å². The minimum atomic E-state index is -0.0666. The fourth-order valence-corrected chi connectivity index (χ4v) is 0.597. The van der Waals surface area contributed by atoms with E-state index in [9.17, 15) is 4.79 Å². The predicted molar refractivity (Wildman–Crippen MR) is 48.6 cm³/mol. The quantitative estimate of drug-likeness (QED) is 0.630. The van der Waals surface area contributed by atoms with Crippen molar-refractivity contribution in [2.45, 2.75) is 20.8 Å². The van der Waals surface area contributed by atoms with Crippen LogP contribution in [0.15, 0.2) is 11.8 Å². The summed E-state index contributed by atoms with van der Waals surface area (Å²) in [6.07, 6.45) is 1.44. The van der Waals surface area contributed by atoms with Gasteiger partial charge in [0.05, 0.1) is 0 Å². The molecule has 0 unspecified atom stereocenters. The van der Waals surface area contributed by atoms with Crippen LogP contribution in [0.5, 0.6) is 0 Å². The standard InChI is InChI=1S/C9H17NO2/c1-4-12-6-8(11)5-9(10)7(2)3/h5,7H,4,6,10H2,1-3H3/b9-5-. The van der Waals surface area contributed by atoms with Gasteiger partial charge in [0.25, 0.3) is 0 Å². The summed E-state index contributed by atoms with van der Waals surface area (Å²) in [7, 11) is 0. The lowest BCUT2D eigenvalue weighted by atomic mass is 10.1. The van der Waals surface area contributed by atoms with Gasteiger partial charge in [0.15, 0.2) is 5.78 Å². The van der Waals surface area contributed by atoms with Crippen molar-refractivity contribution in [3.8, 4) is 0 Å². The van der Waals surface area contributed by atoms with Crippen LogP contribution in [0.4, 0.5) is 0 Å². The smallest absolute Gasteiger partial charge is 0.183 e. The Labute approximate surface area is 73.6 Å². The number of hydrogen-bond donors (Lipinski definition) is 1.